The largest absolute Gasteiger partial charge is 0.261 e. The third kappa shape index (κ3) is 5.04. The minimum absolute atomic E-state index is 0.554. The summed E-state index contributed by atoms with van der Waals surface area (Å²) in [5, 5.41) is 0. The Morgan fingerprint density at radius 2 is 1.56 bits per heavy atom. The molecule has 4 saturated carbocycles. The molecule has 1 heteroatoms. The molecule has 9 atom stereocenters. The van der Waals surface area contributed by atoms with Crippen LogP contribution in [-0.4, -0.2) is 4.98 Å². The number of aromatic nitrogens is 1. The molecule has 1 aromatic carbocycles. The van der Waals surface area contributed by atoms with Gasteiger partial charge in [0.15, 0.2) is 0 Å². The molecule has 4 fully saturated rings. The maximum Gasteiger partial charge on any atom is 0.0440 e. The normalized spacial score (nSPS) is 38.6. The maximum absolute atomic E-state index is 4.94. The van der Waals surface area contributed by atoms with E-state index in [1.165, 1.54) is 93.9 Å². The Morgan fingerprint density at radius 3 is 2.36 bits per heavy atom. The van der Waals surface area contributed by atoms with Crippen LogP contribution in [0.3, 0.4) is 0 Å². The summed E-state index contributed by atoms with van der Waals surface area (Å²) in [6, 6.07) is 15.5. The second-order valence-electron chi connectivity index (χ2n) is 15.5. The first-order chi connectivity index (χ1) is 18.8. The fourth-order valence-corrected chi connectivity index (χ4v) is 11.0. The van der Waals surface area contributed by atoms with Gasteiger partial charge in [-0.3, -0.25) is 4.98 Å². The number of hydrogen-bond donors (Lipinski definition) is 0. The third-order valence-electron chi connectivity index (χ3n) is 13.2. The van der Waals surface area contributed by atoms with E-state index in [-0.39, 0.29) is 0 Å². The molecule has 0 aliphatic heterocycles. The lowest BCUT2D eigenvalue weighted by Crippen LogP contribution is -2.53. The van der Waals surface area contributed by atoms with Crippen molar-refractivity contribution in [3.8, 4) is 11.1 Å². The minimum Gasteiger partial charge on any atom is -0.261 e. The zero-order valence-corrected chi connectivity index (χ0v) is 25.7. The molecule has 1 nitrogen and oxygen atoms in total. The van der Waals surface area contributed by atoms with Gasteiger partial charge in [-0.25, -0.2) is 0 Å². The highest BCUT2D eigenvalue weighted by Crippen LogP contribution is 2.69. The molecule has 4 aliphatic rings. The Hall–Kier alpha value is -1.63. The van der Waals surface area contributed by atoms with Crippen molar-refractivity contribution in [2.75, 3.05) is 0 Å². The lowest BCUT2D eigenvalue weighted by molar-refractivity contribution is -0.117. The van der Waals surface area contributed by atoms with Crippen LogP contribution < -0.4 is 0 Å². The fourth-order valence-electron chi connectivity index (χ4n) is 11.0. The molecule has 0 amide bonds. The molecule has 39 heavy (non-hydrogen) atoms. The summed E-state index contributed by atoms with van der Waals surface area (Å²) < 4.78 is 0. The highest BCUT2D eigenvalue weighted by Gasteiger charge is 2.60. The first kappa shape index (κ1) is 27.5. The van der Waals surface area contributed by atoms with Crippen LogP contribution in [-0.2, 0) is 0 Å². The van der Waals surface area contributed by atoms with E-state index in [9.17, 15) is 0 Å². The van der Waals surface area contributed by atoms with Gasteiger partial charge in [0.2, 0.25) is 0 Å². The van der Waals surface area contributed by atoms with Gasteiger partial charge in [-0.15, -0.1) is 0 Å². The summed E-state index contributed by atoms with van der Waals surface area (Å²) in [5.41, 5.74) is 5.16. The highest BCUT2D eigenvalue weighted by atomic mass is 14.7. The molecule has 1 heterocycles. The molecule has 6 rings (SSSR count). The Balaban J connectivity index is 1.14. The first-order valence-electron chi connectivity index (χ1n) is 16.8. The maximum atomic E-state index is 4.94. The standard InChI is InChI=1S/C38H55N/c1-26(2)10-9-11-27(3)33-16-17-34-32-15-14-31-24-30(18-21-37(31,4)35(32)19-22-38(33,34)5)36-25-29(20-23-39-36)28-12-7-6-8-13-28/h6-8,12-13,20,23,25-27,30-35H,9-11,14-19,21-22,24H2,1-5H3/t27-,30-,31+,32+,33-,34+,35?,37+,38-/m1/s1. The van der Waals surface area contributed by atoms with Crippen LogP contribution >= 0.6 is 0 Å². The van der Waals surface area contributed by atoms with Gasteiger partial charge in [0.25, 0.3) is 0 Å². The minimum atomic E-state index is 0.554. The number of nitrogens with zero attached hydrogens (tertiary/aromatic N) is 1. The monoisotopic (exact) mass is 525 g/mol. The predicted octanol–water partition coefficient (Wildman–Crippen LogP) is 11.0. The molecular weight excluding hydrogens is 470 g/mol. The smallest absolute Gasteiger partial charge is 0.0440 e. The summed E-state index contributed by atoms with van der Waals surface area (Å²) in [4.78, 5) is 4.94. The molecule has 4 aliphatic carbocycles. The summed E-state index contributed by atoms with van der Waals surface area (Å²) >= 11 is 0. The molecule has 2 aromatic rings. The Labute approximate surface area is 240 Å². The summed E-state index contributed by atoms with van der Waals surface area (Å²) in [6.45, 7) is 12.9. The quantitative estimate of drug-likeness (QED) is 0.350. The molecule has 1 unspecified atom stereocenters. The van der Waals surface area contributed by atoms with Crippen molar-refractivity contribution in [2.24, 2.45) is 52.3 Å². The van der Waals surface area contributed by atoms with Crippen LogP contribution in [0.25, 0.3) is 11.1 Å². The van der Waals surface area contributed by atoms with E-state index in [1.54, 1.807) is 0 Å². The third-order valence-corrected chi connectivity index (χ3v) is 13.2. The van der Waals surface area contributed by atoms with E-state index in [4.69, 9.17) is 4.98 Å². The van der Waals surface area contributed by atoms with Gasteiger partial charge in [-0.2, -0.15) is 0 Å². The topological polar surface area (TPSA) is 12.9 Å². The molecule has 1 aromatic heterocycles. The number of hydrogen-bond acceptors (Lipinski definition) is 1. The van der Waals surface area contributed by atoms with Crippen LogP contribution in [0.4, 0.5) is 0 Å². The van der Waals surface area contributed by atoms with E-state index < -0.39 is 0 Å². The van der Waals surface area contributed by atoms with E-state index >= 15 is 0 Å². The van der Waals surface area contributed by atoms with Crippen molar-refractivity contribution >= 4 is 0 Å². The van der Waals surface area contributed by atoms with Crippen molar-refractivity contribution in [3.63, 3.8) is 0 Å². The van der Waals surface area contributed by atoms with Crippen molar-refractivity contribution in [2.45, 2.75) is 118 Å². The van der Waals surface area contributed by atoms with Gasteiger partial charge < -0.3 is 0 Å². The second kappa shape index (κ2) is 11.0. The van der Waals surface area contributed by atoms with Gasteiger partial charge in [0.05, 0.1) is 0 Å². The van der Waals surface area contributed by atoms with Crippen molar-refractivity contribution in [3.05, 3.63) is 54.4 Å². The zero-order valence-electron chi connectivity index (χ0n) is 25.7. The van der Waals surface area contributed by atoms with Crippen LogP contribution in [0.2, 0.25) is 0 Å². The predicted molar refractivity (Wildman–Crippen MR) is 165 cm³/mol. The second-order valence-corrected chi connectivity index (χ2v) is 15.5. The van der Waals surface area contributed by atoms with Gasteiger partial charge >= 0.3 is 0 Å². The van der Waals surface area contributed by atoms with E-state index in [1.807, 2.05) is 0 Å². The lowest BCUT2D eigenvalue weighted by Gasteiger charge is -2.61. The average Bonchev–Trinajstić information content (AvgIpc) is 3.30. The highest BCUT2D eigenvalue weighted by molar-refractivity contribution is 5.63. The zero-order chi connectivity index (χ0) is 27.2. The Kier molecular flexibility index (Phi) is 7.75. The average molecular weight is 526 g/mol. The molecule has 0 radical (unpaired) electrons. The number of fused-ring (bicyclic) bond motifs is 5. The number of rotatable bonds is 7. The molecule has 0 N–H and O–H groups in total. The van der Waals surface area contributed by atoms with Crippen LogP contribution in [0.15, 0.2) is 48.7 Å². The number of benzene rings is 1. The van der Waals surface area contributed by atoms with Crippen molar-refractivity contribution in [1.82, 2.24) is 4.98 Å². The van der Waals surface area contributed by atoms with Crippen LogP contribution in [0.5, 0.6) is 0 Å². The van der Waals surface area contributed by atoms with E-state index in [2.05, 4.69) is 83.3 Å². The van der Waals surface area contributed by atoms with Crippen molar-refractivity contribution in [1.29, 1.82) is 0 Å². The Morgan fingerprint density at radius 1 is 0.795 bits per heavy atom. The van der Waals surface area contributed by atoms with Crippen LogP contribution in [0, 0.1) is 52.3 Å². The molecule has 212 valence electrons. The fraction of sp³-hybridized carbons (Fsp3) is 0.711. The Bertz CT molecular complexity index is 1100. The van der Waals surface area contributed by atoms with Gasteiger partial charge in [-0.1, -0.05) is 84.2 Å². The van der Waals surface area contributed by atoms with Gasteiger partial charge in [-0.05, 0) is 133 Å². The van der Waals surface area contributed by atoms with Crippen molar-refractivity contribution < 1.29 is 0 Å². The molecular formula is C38H55N. The SMILES string of the molecule is CC(C)CCC[C@@H](C)[C@H]1CC[C@H]2[C@@H]3CC[C@H]4C[C@H](c5cc(-c6ccccc6)ccn5)CC[C@]4(C)C3CC[C@]12C. The van der Waals surface area contributed by atoms with Gasteiger partial charge in [0, 0.05) is 17.8 Å². The lowest BCUT2D eigenvalue weighted by atomic mass is 9.44. The van der Waals surface area contributed by atoms with E-state index in [0.29, 0.717) is 16.7 Å². The summed E-state index contributed by atoms with van der Waals surface area (Å²) in [5.74, 6) is 7.22. The summed E-state index contributed by atoms with van der Waals surface area (Å²) in [6.07, 6.45) is 19.5. The first-order valence-corrected chi connectivity index (χ1v) is 16.8. The molecule has 0 bridgehead atoms. The molecule has 0 spiro atoms. The van der Waals surface area contributed by atoms with Gasteiger partial charge in [0.1, 0.15) is 0 Å². The summed E-state index contributed by atoms with van der Waals surface area (Å²) in [7, 11) is 0. The molecule has 0 saturated heterocycles. The number of pyridine rings is 1. The van der Waals surface area contributed by atoms with Crippen LogP contribution in [0.1, 0.15) is 123 Å². The van der Waals surface area contributed by atoms with E-state index in [0.717, 1.165) is 41.4 Å².